The van der Waals surface area contributed by atoms with Crippen molar-refractivity contribution in [2.75, 3.05) is 40.3 Å². The maximum absolute atomic E-state index is 13.1. The summed E-state index contributed by atoms with van der Waals surface area (Å²) in [5.41, 5.74) is 2.26. The first kappa shape index (κ1) is 17.9. The Morgan fingerprint density at radius 2 is 2.12 bits per heavy atom. The summed E-state index contributed by atoms with van der Waals surface area (Å²) in [6.45, 7) is 7.82. The minimum absolute atomic E-state index is 0.00679. The van der Waals surface area contributed by atoms with Gasteiger partial charge in [-0.15, -0.1) is 0 Å². The predicted octanol–water partition coefficient (Wildman–Crippen LogP) is 1.75. The van der Waals surface area contributed by atoms with Crippen molar-refractivity contribution in [1.29, 1.82) is 0 Å². The molecule has 2 saturated heterocycles. The lowest BCUT2D eigenvalue weighted by Crippen LogP contribution is -2.43. The Morgan fingerprint density at radius 3 is 2.80 bits per heavy atom. The van der Waals surface area contributed by atoms with Gasteiger partial charge in [0, 0.05) is 40.3 Å². The van der Waals surface area contributed by atoms with Crippen molar-refractivity contribution < 1.29 is 9.59 Å². The van der Waals surface area contributed by atoms with Gasteiger partial charge >= 0.3 is 0 Å². The molecule has 1 spiro atoms. The highest BCUT2D eigenvalue weighted by Crippen LogP contribution is 2.45. The van der Waals surface area contributed by atoms with E-state index in [-0.39, 0.29) is 23.8 Å². The second kappa shape index (κ2) is 6.79. The standard InChI is InChI=1S/C20H29N3O2/c1-15-6-5-7-17(10-15)12-22-11-16(2)20(14-22)8-9-23(19(20)25)13-18(24)21(3)4/h5-7,10,16H,8-9,11-14H2,1-4H3/t16-,20-/m1/s1. The van der Waals surface area contributed by atoms with Crippen LogP contribution in [0.25, 0.3) is 0 Å². The topological polar surface area (TPSA) is 43.9 Å². The van der Waals surface area contributed by atoms with E-state index in [2.05, 4.69) is 43.0 Å². The predicted molar refractivity (Wildman–Crippen MR) is 97.9 cm³/mol. The first-order chi connectivity index (χ1) is 11.8. The SMILES string of the molecule is Cc1cccc(CN2C[C@@H](C)[C@@]3(CCN(CC(=O)N(C)C)C3=O)C2)c1. The number of aryl methyl sites for hydroxylation is 1. The Bertz CT molecular complexity index is 673. The zero-order valence-corrected chi connectivity index (χ0v) is 15.8. The summed E-state index contributed by atoms with van der Waals surface area (Å²) in [5, 5.41) is 0. The van der Waals surface area contributed by atoms with E-state index < -0.39 is 0 Å². The zero-order valence-electron chi connectivity index (χ0n) is 15.8. The third kappa shape index (κ3) is 3.43. The normalized spacial score (nSPS) is 26.6. The third-order valence-electron chi connectivity index (χ3n) is 5.84. The highest BCUT2D eigenvalue weighted by atomic mass is 16.2. The lowest BCUT2D eigenvalue weighted by Gasteiger charge is -2.27. The number of hydrogen-bond donors (Lipinski definition) is 0. The van der Waals surface area contributed by atoms with Crippen LogP contribution in [0.15, 0.2) is 24.3 Å². The van der Waals surface area contributed by atoms with Gasteiger partial charge < -0.3 is 9.80 Å². The highest BCUT2D eigenvalue weighted by Gasteiger charge is 2.55. The molecule has 2 heterocycles. The average molecular weight is 343 g/mol. The van der Waals surface area contributed by atoms with E-state index in [1.807, 2.05) is 0 Å². The van der Waals surface area contributed by atoms with Crippen LogP contribution in [-0.2, 0) is 16.1 Å². The number of benzene rings is 1. The van der Waals surface area contributed by atoms with E-state index in [0.29, 0.717) is 12.5 Å². The Labute approximate surface area is 150 Å². The molecule has 3 rings (SSSR count). The number of carbonyl (C=O) groups is 2. The number of amides is 2. The van der Waals surface area contributed by atoms with Crippen LogP contribution in [0.3, 0.4) is 0 Å². The fourth-order valence-electron chi connectivity index (χ4n) is 4.29. The van der Waals surface area contributed by atoms with Gasteiger partial charge in [0.05, 0.1) is 12.0 Å². The molecule has 2 aliphatic heterocycles. The molecule has 0 N–H and O–H groups in total. The molecule has 5 nitrogen and oxygen atoms in total. The van der Waals surface area contributed by atoms with Gasteiger partial charge in [0.25, 0.3) is 0 Å². The highest BCUT2D eigenvalue weighted by molar-refractivity contribution is 5.90. The fourth-order valence-corrected chi connectivity index (χ4v) is 4.29. The van der Waals surface area contributed by atoms with Gasteiger partial charge in [0.1, 0.15) is 0 Å². The monoisotopic (exact) mass is 343 g/mol. The number of likely N-dealkylation sites (N-methyl/N-ethyl adjacent to an activating group) is 1. The quantitative estimate of drug-likeness (QED) is 0.837. The molecule has 2 atom stereocenters. The largest absolute Gasteiger partial charge is 0.347 e. The Hall–Kier alpha value is -1.88. The van der Waals surface area contributed by atoms with Crippen LogP contribution in [0.4, 0.5) is 0 Å². The molecule has 0 aromatic heterocycles. The van der Waals surface area contributed by atoms with Crippen molar-refractivity contribution in [2.45, 2.75) is 26.8 Å². The summed E-state index contributed by atoms with van der Waals surface area (Å²) in [4.78, 5) is 30.8. The molecule has 136 valence electrons. The van der Waals surface area contributed by atoms with Crippen LogP contribution in [0.1, 0.15) is 24.5 Å². The van der Waals surface area contributed by atoms with Crippen molar-refractivity contribution in [3.05, 3.63) is 35.4 Å². The zero-order chi connectivity index (χ0) is 18.2. The molecule has 0 saturated carbocycles. The third-order valence-corrected chi connectivity index (χ3v) is 5.84. The minimum Gasteiger partial charge on any atom is -0.347 e. The maximum Gasteiger partial charge on any atom is 0.241 e. The van der Waals surface area contributed by atoms with Crippen molar-refractivity contribution in [2.24, 2.45) is 11.3 Å². The number of nitrogens with zero attached hydrogens (tertiary/aromatic N) is 3. The first-order valence-corrected chi connectivity index (χ1v) is 9.09. The van der Waals surface area contributed by atoms with Crippen molar-refractivity contribution in [3.8, 4) is 0 Å². The van der Waals surface area contributed by atoms with Crippen LogP contribution < -0.4 is 0 Å². The van der Waals surface area contributed by atoms with Crippen molar-refractivity contribution >= 4 is 11.8 Å². The molecule has 2 fully saturated rings. The van der Waals surface area contributed by atoms with Crippen LogP contribution in [0, 0.1) is 18.3 Å². The maximum atomic E-state index is 13.1. The molecule has 0 unspecified atom stereocenters. The van der Waals surface area contributed by atoms with Gasteiger partial charge in [-0.25, -0.2) is 0 Å². The average Bonchev–Trinajstić information content (AvgIpc) is 3.02. The van der Waals surface area contributed by atoms with Gasteiger partial charge in [0.15, 0.2) is 0 Å². The van der Waals surface area contributed by atoms with E-state index in [1.54, 1.807) is 23.9 Å². The van der Waals surface area contributed by atoms with E-state index in [9.17, 15) is 9.59 Å². The van der Waals surface area contributed by atoms with Crippen LogP contribution in [0.5, 0.6) is 0 Å². The molecule has 0 bridgehead atoms. The lowest BCUT2D eigenvalue weighted by molar-refractivity contribution is -0.142. The summed E-state index contributed by atoms with van der Waals surface area (Å²) in [5.74, 6) is 0.485. The number of carbonyl (C=O) groups excluding carboxylic acids is 2. The molecule has 5 heteroatoms. The van der Waals surface area contributed by atoms with Gasteiger partial charge in [-0.1, -0.05) is 36.8 Å². The van der Waals surface area contributed by atoms with Gasteiger partial charge in [-0.2, -0.15) is 0 Å². The number of hydrogen-bond acceptors (Lipinski definition) is 3. The van der Waals surface area contributed by atoms with E-state index in [4.69, 9.17) is 0 Å². The van der Waals surface area contributed by atoms with Crippen LogP contribution >= 0.6 is 0 Å². The molecule has 0 aliphatic carbocycles. The smallest absolute Gasteiger partial charge is 0.241 e. The second-order valence-electron chi connectivity index (χ2n) is 7.98. The molecule has 0 radical (unpaired) electrons. The summed E-state index contributed by atoms with van der Waals surface area (Å²) >= 11 is 0. The van der Waals surface area contributed by atoms with E-state index in [1.165, 1.54) is 11.1 Å². The molecule has 2 amide bonds. The first-order valence-electron chi connectivity index (χ1n) is 9.09. The summed E-state index contributed by atoms with van der Waals surface area (Å²) in [6.07, 6.45) is 0.859. The number of rotatable bonds is 4. The van der Waals surface area contributed by atoms with Gasteiger partial charge in [0.2, 0.25) is 11.8 Å². The summed E-state index contributed by atoms with van der Waals surface area (Å²) < 4.78 is 0. The van der Waals surface area contributed by atoms with Gasteiger partial charge in [-0.05, 0) is 24.8 Å². The van der Waals surface area contributed by atoms with Gasteiger partial charge in [-0.3, -0.25) is 14.5 Å². The van der Waals surface area contributed by atoms with Crippen molar-refractivity contribution in [3.63, 3.8) is 0 Å². The van der Waals surface area contributed by atoms with Crippen LogP contribution in [0.2, 0.25) is 0 Å². The second-order valence-corrected chi connectivity index (χ2v) is 7.98. The fraction of sp³-hybridized carbons (Fsp3) is 0.600. The molecular formula is C20H29N3O2. The molecule has 2 aliphatic rings. The Kier molecular flexibility index (Phi) is 4.87. The summed E-state index contributed by atoms with van der Waals surface area (Å²) in [6, 6.07) is 8.57. The van der Waals surface area contributed by atoms with E-state index >= 15 is 0 Å². The molecule has 1 aromatic rings. The van der Waals surface area contributed by atoms with E-state index in [0.717, 1.165) is 26.1 Å². The molecular weight excluding hydrogens is 314 g/mol. The summed E-state index contributed by atoms with van der Waals surface area (Å²) in [7, 11) is 3.47. The Morgan fingerprint density at radius 1 is 1.36 bits per heavy atom. The number of likely N-dealkylation sites (tertiary alicyclic amines) is 2. The minimum atomic E-state index is -0.309. The molecule has 1 aromatic carbocycles. The Balaban J connectivity index is 1.68. The van der Waals surface area contributed by atoms with Crippen LogP contribution in [-0.4, -0.2) is 66.8 Å². The van der Waals surface area contributed by atoms with Crippen molar-refractivity contribution in [1.82, 2.24) is 14.7 Å². The lowest BCUT2D eigenvalue weighted by atomic mass is 9.78. The molecule has 25 heavy (non-hydrogen) atoms.